The van der Waals surface area contributed by atoms with Crippen LogP contribution in [0, 0.1) is 0 Å². The van der Waals surface area contributed by atoms with Crippen molar-refractivity contribution < 1.29 is 9.53 Å². The Balaban J connectivity index is 2.07. The van der Waals surface area contributed by atoms with Crippen molar-refractivity contribution >= 4 is 30.1 Å². The minimum absolute atomic E-state index is 0.00143. The van der Waals surface area contributed by atoms with Crippen LogP contribution in [0.4, 0.5) is 4.79 Å². The molecule has 2 aliphatic heterocycles. The van der Waals surface area contributed by atoms with Gasteiger partial charge in [-0.1, -0.05) is 11.6 Å². The van der Waals surface area contributed by atoms with Crippen molar-refractivity contribution in [1.82, 2.24) is 10.2 Å². The molecular weight excluding hydrogens is 366 g/mol. The lowest BCUT2D eigenvalue weighted by molar-refractivity contribution is 0.0201. The van der Waals surface area contributed by atoms with Crippen LogP contribution in [0.5, 0.6) is 0 Å². The molecule has 0 aromatic heterocycles. The molecule has 8 heteroatoms. The Morgan fingerprint density at radius 3 is 2.93 bits per heavy atom. The molecule has 2 aliphatic rings. The third-order valence-corrected chi connectivity index (χ3v) is 4.31. The first-order valence-electron chi connectivity index (χ1n) is 8.98. The smallest absolute Gasteiger partial charge is 0.410 e. The molecule has 0 aromatic rings. The Hall–Kier alpha value is -2.28. The van der Waals surface area contributed by atoms with Crippen LogP contribution in [-0.2, 0) is 4.74 Å². The summed E-state index contributed by atoms with van der Waals surface area (Å²) in [6, 6.07) is 0.00143. The summed E-state index contributed by atoms with van der Waals surface area (Å²) in [4.78, 5) is 22.5. The average molecular weight is 394 g/mol. The molecule has 148 valence electrons. The number of aliphatic imine (C=N–C) groups is 2. The summed E-state index contributed by atoms with van der Waals surface area (Å²) in [7, 11) is 0. The number of nitrogens with two attached hydrogens (primary N) is 1. The summed E-state index contributed by atoms with van der Waals surface area (Å²) in [5.41, 5.74) is 7.88. The molecule has 1 atom stereocenters. The number of piperidine rings is 1. The fourth-order valence-electron chi connectivity index (χ4n) is 2.81. The summed E-state index contributed by atoms with van der Waals surface area (Å²) in [5.74, 6) is 0. The van der Waals surface area contributed by atoms with Crippen molar-refractivity contribution in [1.29, 1.82) is 0 Å². The van der Waals surface area contributed by atoms with E-state index in [0.29, 0.717) is 30.4 Å². The second-order valence-electron chi connectivity index (χ2n) is 7.56. The number of ether oxygens (including phenoxy) is 1. The monoisotopic (exact) mass is 393 g/mol. The van der Waals surface area contributed by atoms with Crippen LogP contribution >= 0.6 is 11.6 Å². The minimum Gasteiger partial charge on any atom is -0.444 e. The first-order chi connectivity index (χ1) is 12.7. The third-order valence-electron chi connectivity index (χ3n) is 4.06. The number of halogens is 1. The molecule has 2 heterocycles. The van der Waals surface area contributed by atoms with Gasteiger partial charge in [-0.15, -0.1) is 0 Å². The maximum Gasteiger partial charge on any atom is 0.410 e. The fourth-order valence-corrected chi connectivity index (χ4v) is 2.87. The lowest BCUT2D eigenvalue weighted by Crippen LogP contribution is -2.44. The number of hydrogen-bond donors (Lipinski definition) is 2. The van der Waals surface area contributed by atoms with Crippen LogP contribution < -0.4 is 11.1 Å². The minimum atomic E-state index is -0.507. The predicted octanol–water partition coefficient (Wildman–Crippen LogP) is 3.29. The molecule has 0 spiro atoms. The number of likely N-dealkylation sites (tertiary alicyclic amines) is 1. The van der Waals surface area contributed by atoms with Crippen molar-refractivity contribution in [3.05, 3.63) is 34.9 Å². The molecule has 2 rings (SSSR count). The highest BCUT2D eigenvalue weighted by molar-refractivity contribution is 6.29. The Morgan fingerprint density at radius 2 is 2.26 bits per heavy atom. The third kappa shape index (κ3) is 6.75. The second kappa shape index (κ2) is 9.08. The molecule has 1 saturated heterocycles. The van der Waals surface area contributed by atoms with Crippen molar-refractivity contribution in [2.24, 2.45) is 15.7 Å². The van der Waals surface area contributed by atoms with Gasteiger partial charge in [0.1, 0.15) is 10.8 Å². The number of amides is 1. The Kier molecular flexibility index (Phi) is 7.07. The standard InChI is InChI=1S/C19H28ClN5O2/c1-19(2,3)27-18(26)25-9-5-6-14(12-25)24-16-10-13(23-11-15(16)21)7-8-17(20)22-4/h7-8,11,14,23H,4-6,9-10,12,21H2,1-3H3/b13-7+,17-8-,24-16?. The Morgan fingerprint density at radius 1 is 1.52 bits per heavy atom. The second-order valence-corrected chi connectivity index (χ2v) is 7.95. The molecule has 7 nitrogen and oxygen atoms in total. The molecule has 3 N–H and O–H groups in total. The quantitative estimate of drug-likeness (QED) is 0.568. The number of carbonyl (C=O) groups is 1. The molecule has 1 unspecified atom stereocenters. The van der Waals surface area contributed by atoms with Gasteiger partial charge in [0.2, 0.25) is 0 Å². The van der Waals surface area contributed by atoms with E-state index < -0.39 is 5.60 Å². The Bertz CT molecular complexity index is 703. The molecule has 1 fully saturated rings. The number of nitrogens with zero attached hydrogens (tertiary/aromatic N) is 3. The van der Waals surface area contributed by atoms with E-state index in [9.17, 15) is 4.79 Å². The Labute approximate surface area is 165 Å². The van der Waals surface area contributed by atoms with E-state index in [0.717, 1.165) is 24.3 Å². The molecule has 27 heavy (non-hydrogen) atoms. The topological polar surface area (TPSA) is 92.3 Å². The zero-order valence-corrected chi connectivity index (χ0v) is 16.9. The zero-order chi connectivity index (χ0) is 20.0. The molecule has 0 radical (unpaired) electrons. The molecular formula is C19H28ClN5O2. The van der Waals surface area contributed by atoms with E-state index in [1.54, 1.807) is 17.2 Å². The van der Waals surface area contributed by atoms with Crippen LogP contribution in [0.2, 0.25) is 0 Å². The van der Waals surface area contributed by atoms with E-state index in [1.165, 1.54) is 0 Å². The molecule has 0 bridgehead atoms. The highest BCUT2D eigenvalue weighted by atomic mass is 35.5. The van der Waals surface area contributed by atoms with Gasteiger partial charge in [0, 0.05) is 31.4 Å². The van der Waals surface area contributed by atoms with Crippen LogP contribution in [0.3, 0.4) is 0 Å². The van der Waals surface area contributed by atoms with Gasteiger partial charge in [0.15, 0.2) is 0 Å². The number of rotatable bonds is 3. The van der Waals surface area contributed by atoms with E-state index >= 15 is 0 Å². The largest absolute Gasteiger partial charge is 0.444 e. The molecule has 1 amide bonds. The maximum atomic E-state index is 12.3. The van der Waals surface area contributed by atoms with Crippen LogP contribution in [-0.4, -0.2) is 48.2 Å². The van der Waals surface area contributed by atoms with Crippen molar-refractivity contribution in [2.75, 3.05) is 13.1 Å². The first kappa shape index (κ1) is 21.0. The van der Waals surface area contributed by atoms with E-state index in [2.05, 4.69) is 17.0 Å². The van der Waals surface area contributed by atoms with E-state index in [1.807, 2.05) is 26.8 Å². The van der Waals surface area contributed by atoms with Crippen LogP contribution in [0.1, 0.15) is 40.0 Å². The highest BCUT2D eigenvalue weighted by Crippen LogP contribution is 2.20. The average Bonchev–Trinajstić information content (AvgIpc) is 2.61. The summed E-state index contributed by atoms with van der Waals surface area (Å²) >= 11 is 5.84. The van der Waals surface area contributed by atoms with Gasteiger partial charge in [-0.2, -0.15) is 0 Å². The number of nitrogens with one attached hydrogen (secondary N) is 1. The number of allylic oxidation sites excluding steroid dienone is 4. The van der Waals surface area contributed by atoms with Gasteiger partial charge in [-0.05, 0) is 52.5 Å². The van der Waals surface area contributed by atoms with Gasteiger partial charge >= 0.3 is 6.09 Å². The molecule has 0 saturated carbocycles. The molecule has 0 aromatic carbocycles. The lowest BCUT2D eigenvalue weighted by Gasteiger charge is -2.33. The zero-order valence-electron chi connectivity index (χ0n) is 16.2. The predicted molar refractivity (Wildman–Crippen MR) is 110 cm³/mol. The van der Waals surface area contributed by atoms with Crippen molar-refractivity contribution in [2.45, 2.75) is 51.7 Å². The van der Waals surface area contributed by atoms with Crippen LogP contribution in [0.15, 0.2) is 44.9 Å². The van der Waals surface area contributed by atoms with Crippen LogP contribution in [0.25, 0.3) is 0 Å². The van der Waals surface area contributed by atoms with E-state index in [-0.39, 0.29) is 12.1 Å². The van der Waals surface area contributed by atoms with Gasteiger partial charge in [0.05, 0.1) is 17.5 Å². The van der Waals surface area contributed by atoms with Gasteiger partial charge in [-0.25, -0.2) is 4.79 Å². The first-order valence-corrected chi connectivity index (χ1v) is 9.36. The van der Waals surface area contributed by atoms with Crippen molar-refractivity contribution in [3.8, 4) is 0 Å². The van der Waals surface area contributed by atoms with Crippen molar-refractivity contribution in [3.63, 3.8) is 0 Å². The maximum absolute atomic E-state index is 12.3. The summed E-state index contributed by atoms with van der Waals surface area (Å²) in [6.45, 7) is 10.2. The SMILES string of the molecule is C=N/C(Cl)=C\C=C1/CC(=NC2CCCN(C(=O)OC(C)(C)C)C2)C(N)=CN1. The number of hydrogen-bond acceptors (Lipinski definition) is 6. The van der Waals surface area contributed by atoms with E-state index in [4.69, 9.17) is 27.1 Å². The summed E-state index contributed by atoms with van der Waals surface area (Å²) in [5, 5.41) is 3.42. The number of carbonyl (C=O) groups excluding carboxylic acids is 1. The highest BCUT2D eigenvalue weighted by Gasteiger charge is 2.28. The fraction of sp³-hybridized carbons (Fsp3) is 0.526. The summed E-state index contributed by atoms with van der Waals surface area (Å²) < 4.78 is 5.47. The van der Waals surface area contributed by atoms with Gasteiger partial charge < -0.3 is 20.7 Å². The molecule has 0 aliphatic carbocycles. The normalized spacial score (nSPS) is 24.4. The lowest BCUT2D eigenvalue weighted by atomic mass is 10.0. The van der Waals surface area contributed by atoms with Gasteiger partial charge in [-0.3, -0.25) is 9.98 Å². The van der Waals surface area contributed by atoms with Gasteiger partial charge in [0.25, 0.3) is 0 Å². The summed E-state index contributed by atoms with van der Waals surface area (Å²) in [6.07, 6.45) is 7.26.